The van der Waals surface area contributed by atoms with Gasteiger partial charge in [0.1, 0.15) is 6.04 Å². The van der Waals surface area contributed by atoms with Crippen LogP contribution in [-0.4, -0.2) is 35.8 Å². The van der Waals surface area contributed by atoms with E-state index in [1.165, 1.54) is 11.0 Å². The number of nitrogens with one attached hydrogen (secondary N) is 1. The van der Waals surface area contributed by atoms with Crippen molar-refractivity contribution in [3.8, 4) is 0 Å². The van der Waals surface area contributed by atoms with E-state index in [-0.39, 0.29) is 18.1 Å². The fraction of sp³-hybridized carbons (Fsp3) is 0.467. The summed E-state index contributed by atoms with van der Waals surface area (Å²) in [5.74, 6) is -0.924. The van der Waals surface area contributed by atoms with Gasteiger partial charge in [-0.3, -0.25) is 9.59 Å². The number of nitrogens with two attached hydrogens (primary N) is 1. The highest BCUT2D eigenvalue weighted by Gasteiger charge is 2.33. The lowest BCUT2D eigenvalue weighted by Crippen LogP contribution is -2.45. The average molecular weight is 329 g/mol. The molecule has 23 heavy (non-hydrogen) atoms. The first kappa shape index (κ1) is 17.1. The zero-order chi connectivity index (χ0) is 17.2. The molecule has 0 radical (unpaired) electrons. The maximum atomic E-state index is 12.8. The van der Waals surface area contributed by atoms with Gasteiger partial charge in [-0.25, -0.2) is 0 Å². The molecule has 0 spiro atoms. The summed E-state index contributed by atoms with van der Waals surface area (Å²) in [5.41, 5.74) is 5.11. The zero-order valence-electron chi connectivity index (χ0n) is 12.6. The van der Waals surface area contributed by atoms with Gasteiger partial charge in [0.15, 0.2) is 0 Å². The summed E-state index contributed by atoms with van der Waals surface area (Å²) >= 11 is 0. The van der Waals surface area contributed by atoms with Crippen LogP contribution in [0.3, 0.4) is 0 Å². The number of likely N-dealkylation sites (tertiary alicyclic amines) is 1. The number of rotatable bonds is 4. The van der Waals surface area contributed by atoms with E-state index in [9.17, 15) is 22.8 Å². The van der Waals surface area contributed by atoms with Crippen LogP contribution in [-0.2, 0) is 15.8 Å². The summed E-state index contributed by atoms with van der Waals surface area (Å²) in [6, 6.07) is 2.89. The molecule has 3 N–H and O–H groups in total. The Labute approximate surface area is 131 Å². The van der Waals surface area contributed by atoms with Crippen molar-refractivity contribution in [1.82, 2.24) is 4.90 Å². The molecule has 1 aliphatic rings. The zero-order valence-corrected chi connectivity index (χ0v) is 12.6. The summed E-state index contributed by atoms with van der Waals surface area (Å²) < 4.78 is 38.3. The van der Waals surface area contributed by atoms with Crippen molar-refractivity contribution in [2.45, 2.75) is 32.0 Å². The van der Waals surface area contributed by atoms with Crippen LogP contribution < -0.4 is 11.1 Å². The molecule has 126 valence electrons. The van der Waals surface area contributed by atoms with Crippen LogP contribution in [0.1, 0.15) is 24.0 Å². The number of alkyl halides is 3. The number of benzene rings is 1. The van der Waals surface area contributed by atoms with Gasteiger partial charge in [-0.2, -0.15) is 13.2 Å². The summed E-state index contributed by atoms with van der Waals surface area (Å²) in [5, 5.41) is 2.69. The summed E-state index contributed by atoms with van der Waals surface area (Å²) in [6.45, 7) is 1.78. The van der Waals surface area contributed by atoms with E-state index in [1.807, 2.05) is 0 Å². The van der Waals surface area contributed by atoms with Crippen molar-refractivity contribution in [3.05, 3.63) is 29.3 Å². The molecule has 0 unspecified atom stereocenters. The molecule has 0 aliphatic carbocycles. The molecule has 8 heteroatoms. The lowest BCUT2D eigenvalue weighted by Gasteiger charge is -2.22. The second-order valence-corrected chi connectivity index (χ2v) is 5.59. The maximum Gasteiger partial charge on any atom is 0.416 e. The van der Waals surface area contributed by atoms with E-state index < -0.39 is 23.7 Å². The monoisotopic (exact) mass is 329 g/mol. The SMILES string of the molecule is Cc1cc(NCC(=O)N2CCC[C@H]2C(N)=O)cc(C(F)(F)F)c1. The van der Waals surface area contributed by atoms with Gasteiger partial charge in [0.2, 0.25) is 11.8 Å². The Morgan fingerprint density at radius 2 is 2.04 bits per heavy atom. The van der Waals surface area contributed by atoms with Gasteiger partial charge in [0.05, 0.1) is 12.1 Å². The highest BCUT2D eigenvalue weighted by molar-refractivity contribution is 5.89. The number of primary amides is 1. The van der Waals surface area contributed by atoms with Gasteiger partial charge in [-0.1, -0.05) is 0 Å². The molecule has 1 atom stereocenters. The molecule has 1 fully saturated rings. The second-order valence-electron chi connectivity index (χ2n) is 5.59. The Hall–Kier alpha value is -2.25. The molecule has 2 amide bonds. The third-order valence-corrected chi connectivity index (χ3v) is 3.75. The molecule has 0 saturated carbocycles. The topological polar surface area (TPSA) is 75.4 Å². The van der Waals surface area contributed by atoms with Crippen molar-refractivity contribution in [2.24, 2.45) is 5.73 Å². The van der Waals surface area contributed by atoms with Crippen molar-refractivity contribution in [3.63, 3.8) is 0 Å². The second kappa shape index (κ2) is 6.47. The number of halogens is 3. The van der Waals surface area contributed by atoms with Crippen molar-refractivity contribution >= 4 is 17.5 Å². The van der Waals surface area contributed by atoms with E-state index in [2.05, 4.69) is 5.32 Å². The number of hydrogen-bond acceptors (Lipinski definition) is 3. The number of hydrogen-bond donors (Lipinski definition) is 2. The van der Waals surface area contributed by atoms with E-state index >= 15 is 0 Å². The van der Waals surface area contributed by atoms with Crippen molar-refractivity contribution in [2.75, 3.05) is 18.4 Å². The highest BCUT2D eigenvalue weighted by Crippen LogP contribution is 2.31. The number of nitrogens with zero attached hydrogens (tertiary/aromatic N) is 1. The molecule has 1 aromatic rings. The minimum atomic E-state index is -4.45. The smallest absolute Gasteiger partial charge is 0.376 e. The number of anilines is 1. The molecule has 1 saturated heterocycles. The van der Waals surface area contributed by atoms with Crippen LogP contribution in [0.5, 0.6) is 0 Å². The highest BCUT2D eigenvalue weighted by atomic mass is 19.4. The largest absolute Gasteiger partial charge is 0.416 e. The predicted molar refractivity (Wildman–Crippen MR) is 78.6 cm³/mol. The molecule has 5 nitrogen and oxygen atoms in total. The first-order chi connectivity index (χ1) is 10.7. The van der Waals surface area contributed by atoms with E-state index in [0.717, 1.165) is 12.1 Å². The lowest BCUT2D eigenvalue weighted by molar-refractivity contribution is -0.137. The van der Waals surface area contributed by atoms with Crippen molar-refractivity contribution in [1.29, 1.82) is 0 Å². The number of aryl methyl sites for hydroxylation is 1. The third-order valence-electron chi connectivity index (χ3n) is 3.75. The van der Waals surface area contributed by atoms with E-state index in [1.54, 1.807) is 6.92 Å². The Morgan fingerprint density at radius 1 is 1.35 bits per heavy atom. The fourth-order valence-electron chi connectivity index (χ4n) is 2.69. The lowest BCUT2D eigenvalue weighted by atomic mass is 10.1. The minimum Gasteiger partial charge on any atom is -0.376 e. The molecule has 0 bridgehead atoms. The number of carbonyl (C=O) groups is 2. The van der Waals surface area contributed by atoms with Crippen LogP contribution in [0.4, 0.5) is 18.9 Å². The van der Waals surface area contributed by atoms with E-state index in [0.29, 0.717) is 24.9 Å². The van der Waals surface area contributed by atoms with Crippen LogP contribution in [0.15, 0.2) is 18.2 Å². The van der Waals surface area contributed by atoms with Crippen LogP contribution >= 0.6 is 0 Å². The molecule has 1 aliphatic heterocycles. The molecule has 1 aromatic carbocycles. The molecule has 1 heterocycles. The van der Waals surface area contributed by atoms with Gasteiger partial charge in [0, 0.05) is 12.2 Å². The maximum absolute atomic E-state index is 12.8. The minimum absolute atomic E-state index is 0.190. The Balaban J connectivity index is 2.05. The van der Waals surface area contributed by atoms with Crippen LogP contribution in [0.25, 0.3) is 0 Å². The Bertz CT molecular complexity index is 616. The van der Waals surface area contributed by atoms with Gasteiger partial charge < -0.3 is 16.0 Å². The standard InChI is InChI=1S/C15H18F3N3O2/c1-9-5-10(15(16,17)18)7-11(6-9)20-8-13(22)21-4-2-3-12(21)14(19)23/h5-7,12,20H,2-4,8H2,1H3,(H2,19,23)/t12-/m0/s1. The van der Waals surface area contributed by atoms with Crippen LogP contribution in [0, 0.1) is 6.92 Å². The Morgan fingerprint density at radius 3 is 2.65 bits per heavy atom. The van der Waals surface area contributed by atoms with Gasteiger partial charge in [0.25, 0.3) is 0 Å². The Kier molecular flexibility index (Phi) is 4.82. The van der Waals surface area contributed by atoms with Gasteiger partial charge >= 0.3 is 6.18 Å². The quantitative estimate of drug-likeness (QED) is 0.886. The normalized spacial score (nSPS) is 18.1. The molecular formula is C15H18F3N3O2. The molecular weight excluding hydrogens is 311 g/mol. The average Bonchev–Trinajstić information content (AvgIpc) is 2.93. The summed E-state index contributed by atoms with van der Waals surface area (Å²) in [4.78, 5) is 24.8. The first-order valence-electron chi connectivity index (χ1n) is 7.20. The molecule has 0 aromatic heterocycles. The number of carbonyl (C=O) groups excluding carboxylic acids is 2. The predicted octanol–water partition coefficient (Wildman–Crippen LogP) is 1.90. The van der Waals surface area contributed by atoms with Crippen LogP contribution in [0.2, 0.25) is 0 Å². The third kappa shape index (κ3) is 4.14. The summed E-state index contributed by atoms with van der Waals surface area (Å²) in [7, 11) is 0. The fourth-order valence-corrected chi connectivity index (χ4v) is 2.69. The number of amides is 2. The van der Waals surface area contributed by atoms with Crippen molar-refractivity contribution < 1.29 is 22.8 Å². The molecule has 2 rings (SSSR count). The van der Waals surface area contributed by atoms with E-state index in [4.69, 9.17) is 5.73 Å². The van der Waals surface area contributed by atoms with Gasteiger partial charge in [-0.05, 0) is 43.5 Å². The first-order valence-corrected chi connectivity index (χ1v) is 7.20. The summed E-state index contributed by atoms with van der Waals surface area (Å²) in [6.07, 6.45) is -3.25. The van der Waals surface area contributed by atoms with Gasteiger partial charge in [-0.15, -0.1) is 0 Å².